The zero-order valence-electron chi connectivity index (χ0n) is 14.2. The highest BCUT2D eigenvalue weighted by Gasteiger charge is 2.20. The van der Waals surface area contributed by atoms with Crippen LogP contribution in [0, 0.1) is 5.92 Å². The van der Waals surface area contributed by atoms with Crippen LogP contribution in [-0.4, -0.2) is 56.3 Å². The monoisotopic (exact) mass is 309 g/mol. The van der Waals surface area contributed by atoms with E-state index in [0.717, 1.165) is 19.6 Å². The molecule has 0 heterocycles. The van der Waals surface area contributed by atoms with Crippen molar-refractivity contribution >= 4 is 11.8 Å². The predicted molar refractivity (Wildman–Crippen MR) is 95.0 cm³/mol. The zero-order chi connectivity index (χ0) is 15.8. The SMILES string of the molecule is CSc1ccc(C(CN)N(CCN(C)C)CC(C)C)cc1. The van der Waals surface area contributed by atoms with Crippen LogP contribution < -0.4 is 5.73 Å². The Morgan fingerprint density at radius 2 is 1.71 bits per heavy atom. The quantitative estimate of drug-likeness (QED) is 0.711. The smallest absolute Gasteiger partial charge is 0.0471 e. The number of nitrogens with zero attached hydrogens (tertiary/aromatic N) is 2. The van der Waals surface area contributed by atoms with E-state index in [9.17, 15) is 0 Å². The first-order valence-corrected chi connectivity index (χ1v) is 8.93. The lowest BCUT2D eigenvalue weighted by molar-refractivity contribution is 0.163. The van der Waals surface area contributed by atoms with Crippen LogP contribution in [0.15, 0.2) is 29.2 Å². The molecule has 1 aromatic rings. The van der Waals surface area contributed by atoms with Crippen molar-refractivity contribution in [2.45, 2.75) is 24.8 Å². The summed E-state index contributed by atoms with van der Waals surface area (Å²) in [5, 5.41) is 0. The fourth-order valence-electron chi connectivity index (χ4n) is 2.49. The van der Waals surface area contributed by atoms with Gasteiger partial charge in [-0.2, -0.15) is 0 Å². The molecule has 0 saturated carbocycles. The van der Waals surface area contributed by atoms with Gasteiger partial charge in [-0.25, -0.2) is 0 Å². The summed E-state index contributed by atoms with van der Waals surface area (Å²) in [6, 6.07) is 9.16. The molecule has 2 N–H and O–H groups in total. The van der Waals surface area contributed by atoms with Crippen molar-refractivity contribution in [2.75, 3.05) is 46.5 Å². The number of benzene rings is 1. The van der Waals surface area contributed by atoms with E-state index in [4.69, 9.17) is 5.73 Å². The zero-order valence-corrected chi connectivity index (χ0v) is 15.0. The lowest BCUT2D eigenvalue weighted by Crippen LogP contribution is -2.40. The van der Waals surface area contributed by atoms with Crippen LogP contribution in [0.5, 0.6) is 0 Å². The van der Waals surface area contributed by atoms with Gasteiger partial charge in [-0.1, -0.05) is 26.0 Å². The molecule has 0 amide bonds. The van der Waals surface area contributed by atoms with E-state index >= 15 is 0 Å². The summed E-state index contributed by atoms with van der Waals surface area (Å²) in [6.45, 7) is 8.41. The Kier molecular flexibility index (Phi) is 8.34. The second-order valence-electron chi connectivity index (χ2n) is 6.22. The molecule has 0 bridgehead atoms. The molecule has 0 aliphatic carbocycles. The summed E-state index contributed by atoms with van der Waals surface area (Å²) < 4.78 is 0. The molecule has 1 rings (SSSR count). The summed E-state index contributed by atoms with van der Waals surface area (Å²) >= 11 is 1.78. The summed E-state index contributed by atoms with van der Waals surface area (Å²) in [7, 11) is 4.25. The minimum absolute atomic E-state index is 0.309. The first-order chi connectivity index (χ1) is 9.97. The lowest BCUT2D eigenvalue weighted by atomic mass is 10.0. The third kappa shape index (κ3) is 6.39. The van der Waals surface area contributed by atoms with Crippen LogP contribution in [0.2, 0.25) is 0 Å². The maximum Gasteiger partial charge on any atom is 0.0471 e. The molecule has 0 saturated heterocycles. The summed E-state index contributed by atoms with van der Waals surface area (Å²) in [6.07, 6.45) is 2.11. The highest BCUT2D eigenvalue weighted by molar-refractivity contribution is 7.98. The Bertz CT molecular complexity index is 390. The van der Waals surface area contributed by atoms with Gasteiger partial charge in [0, 0.05) is 37.1 Å². The Morgan fingerprint density at radius 1 is 1.10 bits per heavy atom. The largest absolute Gasteiger partial charge is 0.329 e. The van der Waals surface area contributed by atoms with E-state index < -0.39 is 0 Å². The van der Waals surface area contributed by atoms with Crippen LogP contribution in [0.3, 0.4) is 0 Å². The van der Waals surface area contributed by atoms with Crippen molar-refractivity contribution in [3.8, 4) is 0 Å². The standard InChI is InChI=1S/C17H31N3S/c1-14(2)13-20(11-10-19(3)4)17(12-18)15-6-8-16(21-5)9-7-15/h6-9,14,17H,10-13,18H2,1-5H3. The molecule has 0 spiro atoms. The molecule has 3 nitrogen and oxygen atoms in total. The molecule has 0 fully saturated rings. The summed E-state index contributed by atoms with van der Waals surface area (Å²) in [4.78, 5) is 6.06. The molecule has 0 aliphatic rings. The lowest BCUT2D eigenvalue weighted by Gasteiger charge is -2.33. The third-order valence-electron chi connectivity index (χ3n) is 3.60. The van der Waals surface area contributed by atoms with E-state index in [1.807, 2.05) is 0 Å². The summed E-state index contributed by atoms with van der Waals surface area (Å²) in [5.74, 6) is 0.645. The van der Waals surface area contributed by atoms with E-state index in [-0.39, 0.29) is 0 Å². The van der Waals surface area contributed by atoms with Gasteiger partial charge in [-0.3, -0.25) is 4.90 Å². The second-order valence-corrected chi connectivity index (χ2v) is 7.10. The Balaban J connectivity index is 2.87. The maximum atomic E-state index is 6.10. The molecule has 1 unspecified atom stereocenters. The van der Waals surface area contributed by atoms with Gasteiger partial charge in [-0.05, 0) is 44.0 Å². The maximum absolute atomic E-state index is 6.10. The molecular formula is C17H31N3S. The van der Waals surface area contributed by atoms with Crippen molar-refractivity contribution in [1.82, 2.24) is 9.80 Å². The van der Waals surface area contributed by atoms with Crippen LogP contribution in [0.1, 0.15) is 25.5 Å². The van der Waals surface area contributed by atoms with Gasteiger partial charge >= 0.3 is 0 Å². The van der Waals surface area contributed by atoms with Gasteiger partial charge in [0.2, 0.25) is 0 Å². The topological polar surface area (TPSA) is 32.5 Å². The van der Waals surface area contributed by atoms with Gasteiger partial charge in [-0.15, -0.1) is 11.8 Å². The van der Waals surface area contributed by atoms with Crippen molar-refractivity contribution in [1.29, 1.82) is 0 Å². The molecule has 21 heavy (non-hydrogen) atoms. The summed E-state index contributed by atoms with van der Waals surface area (Å²) in [5.41, 5.74) is 7.43. The van der Waals surface area contributed by atoms with Gasteiger partial charge in [0.15, 0.2) is 0 Å². The highest BCUT2D eigenvalue weighted by atomic mass is 32.2. The Hall–Kier alpha value is -0.550. The molecule has 0 radical (unpaired) electrons. The van der Waals surface area contributed by atoms with E-state index in [1.54, 1.807) is 11.8 Å². The van der Waals surface area contributed by atoms with E-state index in [1.165, 1.54) is 10.5 Å². The van der Waals surface area contributed by atoms with Crippen LogP contribution >= 0.6 is 11.8 Å². The fraction of sp³-hybridized carbons (Fsp3) is 0.647. The Morgan fingerprint density at radius 3 is 2.14 bits per heavy atom. The van der Waals surface area contributed by atoms with Crippen molar-refractivity contribution in [2.24, 2.45) is 11.7 Å². The predicted octanol–water partition coefficient (Wildman–Crippen LogP) is 2.93. The van der Waals surface area contributed by atoms with Gasteiger partial charge in [0.25, 0.3) is 0 Å². The van der Waals surface area contributed by atoms with Gasteiger partial charge in [0.05, 0.1) is 0 Å². The van der Waals surface area contributed by atoms with Crippen molar-refractivity contribution in [3.05, 3.63) is 29.8 Å². The molecular weight excluding hydrogens is 278 g/mol. The van der Waals surface area contributed by atoms with Gasteiger partial charge in [0.1, 0.15) is 0 Å². The number of rotatable bonds is 9. The number of hydrogen-bond acceptors (Lipinski definition) is 4. The van der Waals surface area contributed by atoms with Crippen LogP contribution in [0.25, 0.3) is 0 Å². The van der Waals surface area contributed by atoms with Crippen LogP contribution in [-0.2, 0) is 0 Å². The van der Waals surface area contributed by atoms with E-state index in [0.29, 0.717) is 18.5 Å². The average molecular weight is 310 g/mol. The van der Waals surface area contributed by atoms with Gasteiger partial charge < -0.3 is 10.6 Å². The normalized spacial score (nSPS) is 13.4. The van der Waals surface area contributed by atoms with Crippen molar-refractivity contribution in [3.63, 3.8) is 0 Å². The minimum atomic E-state index is 0.309. The fourth-order valence-corrected chi connectivity index (χ4v) is 2.90. The van der Waals surface area contributed by atoms with E-state index in [2.05, 4.69) is 68.3 Å². The minimum Gasteiger partial charge on any atom is -0.329 e. The van der Waals surface area contributed by atoms with Crippen LogP contribution in [0.4, 0.5) is 0 Å². The second kappa shape index (κ2) is 9.46. The number of likely N-dealkylation sites (N-methyl/N-ethyl adjacent to an activating group) is 1. The number of thioether (sulfide) groups is 1. The first kappa shape index (κ1) is 18.5. The average Bonchev–Trinajstić information content (AvgIpc) is 2.45. The molecule has 1 atom stereocenters. The molecule has 120 valence electrons. The molecule has 4 heteroatoms. The number of hydrogen-bond donors (Lipinski definition) is 1. The molecule has 0 aromatic heterocycles. The highest BCUT2D eigenvalue weighted by Crippen LogP contribution is 2.23. The molecule has 0 aliphatic heterocycles. The third-order valence-corrected chi connectivity index (χ3v) is 4.34. The van der Waals surface area contributed by atoms with Crippen molar-refractivity contribution < 1.29 is 0 Å². The molecule has 1 aromatic carbocycles. The Labute approximate surface area is 134 Å². The number of nitrogens with two attached hydrogens (primary N) is 1. The first-order valence-electron chi connectivity index (χ1n) is 7.70.